The lowest BCUT2D eigenvalue weighted by molar-refractivity contribution is -0.120. The van der Waals surface area contributed by atoms with Crippen molar-refractivity contribution in [2.75, 3.05) is 6.54 Å². The van der Waals surface area contributed by atoms with Gasteiger partial charge in [-0.15, -0.1) is 0 Å². The highest BCUT2D eigenvalue weighted by Crippen LogP contribution is 2.18. The third-order valence-electron chi connectivity index (χ3n) is 3.70. The second-order valence-electron chi connectivity index (χ2n) is 5.37. The fourth-order valence-corrected chi connectivity index (χ4v) is 2.53. The minimum atomic E-state index is -0.355. The maximum atomic E-state index is 13.4. The minimum Gasteiger partial charge on any atom is -0.345 e. The highest BCUT2D eigenvalue weighted by atomic mass is 19.1. The molecule has 3 heteroatoms. The molecule has 3 aromatic carbocycles. The molecule has 3 aromatic rings. The monoisotopic (exact) mass is 317 g/mol. The molecular weight excluding hydrogens is 301 g/mol. The summed E-state index contributed by atoms with van der Waals surface area (Å²) in [6.07, 6.45) is 0.294. The van der Waals surface area contributed by atoms with Gasteiger partial charge in [0.1, 0.15) is 5.82 Å². The quantitative estimate of drug-likeness (QED) is 0.734. The average molecular weight is 317 g/mol. The number of benzene rings is 3. The van der Waals surface area contributed by atoms with Gasteiger partial charge in [0, 0.05) is 0 Å². The van der Waals surface area contributed by atoms with Crippen LogP contribution in [-0.2, 0) is 11.2 Å². The van der Waals surface area contributed by atoms with E-state index in [1.165, 1.54) is 6.07 Å². The molecule has 1 N–H and O–H groups in total. The van der Waals surface area contributed by atoms with Gasteiger partial charge in [0.25, 0.3) is 0 Å². The molecule has 0 aliphatic heterocycles. The number of hydrogen-bond acceptors (Lipinski definition) is 1. The van der Waals surface area contributed by atoms with Crippen molar-refractivity contribution in [1.82, 2.24) is 5.32 Å². The Hall–Kier alpha value is -3.12. The van der Waals surface area contributed by atoms with Gasteiger partial charge in [-0.05, 0) is 28.5 Å². The lowest BCUT2D eigenvalue weighted by Gasteiger charge is -2.06. The van der Waals surface area contributed by atoms with Gasteiger partial charge in [0.05, 0.1) is 18.5 Å². The molecule has 0 atom stereocenters. The highest BCUT2D eigenvalue weighted by Gasteiger charge is 2.05. The van der Waals surface area contributed by atoms with E-state index < -0.39 is 0 Å². The van der Waals surface area contributed by atoms with E-state index in [9.17, 15) is 9.18 Å². The summed E-state index contributed by atoms with van der Waals surface area (Å²) in [6, 6.07) is 20.2. The molecule has 0 unspecified atom stereocenters. The fourth-order valence-electron chi connectivity index (χ4n) is 2.53. The summed E-state index contributed by atoms with van der Waals surface area (Å²) in [6.45, 7) is 0.192. The van der Waals surface area contributed by atoms with E-state index in [1.54, 1.807) is 18.2 Å². The second kappa shape index (κ2) is 7.43. The van der Waals surface area contributed by atoms with Crippen LogP contribution < -0.4 is 5.32 Å². The molecule has 0 radical (unpaired) electrons. The Morgan fingerprint density at radius 2 is 1.71 bits per heavy atom. The van der Waals surface area contributed by atoms with E-state index >= 15 is 0 Å². The molecule has 0 aliphatic carbocycles. The molecule has 118 valence electrons. The third kappa shape index (κ3) is 3.80. The van der Waals surface area contributed by atoms with E-state index in [4.69, 9.17) is 0 Å². The van der Waals surface area contributed by atoms with E-state index in [2.05, 4.69) is 17.2 Å². The molecule has 0 bridgehead atoms. The minimum absolute atomic E-state index is 0.103. The molecule has 3 rings (SSSR count). The van der Waals surface area contributed by atoms with Gasteiger partial charge in [-0.1, -0.05) is 66.4 Å². The van der Waals surface area contributed by atoms with Gasteiger partial charge in [-0.2, -0.15) is 0 Å². The Morgan fingerprint density at radius 3 is 2.58 bits per heavy atom. The van der Waals surface area contributed by atoms with Crippen molar-refractivity contribution in [3.8, 4) is 11.8 Å². The molecule has 0 saturated heterocycles. The number of carbonyl (C=O) groups excluding carboxylic acids is 1. The van der Waals surface area contributed by atoms with Crippen molar-refractivity contribution in [3.05, 3.63) is 83.7 Å². The Kier molecular flexibility index (Phi) is 4.88. The van der Waals surface area contributed by atoms with Crippen LogP contribution in [0.2, 0.25) is 0 Å². The number of rotatable bonds is 3. The van der Waals surface area contributed by atoms with E-state index in [-0.39, 0.29) is 18.3 Å². The van der Waals surface area contributed by atoms with Gasteiger partial charge in [0.15, 0.2) is 0 Å². The van der Waals surface area contributed by atoms with E-state index in [0.717, 1.165) is 16.3 Å². The number of fused-ring (bicyclic) bond motifs is 1. The van der Waals surface area contributed by atoms with E-state index in [1.807, 2.05) is 42.5 Å². The lowest BCUT2D eigenvalue weighted by atomic mass is 10.0. The largest absolute Gasteiger partial charge is 0.345 e. The number of hydrogen-bond donors (Lipinski definition) is 1. The Morgan fingerprint density at radius 1 is 0.958 bits per heavy atom. The predicted molar refractivity (Wildman–Crippen MR) is 93.9 cm³/mol. The molecule has 0 aliphatic rings. The van der Waals surface area contributed by atoms with Crippen molar-refractivity contribution >= 4 is 16.7 Å². The number of carbonyl (C=O) groups is 1. The van der Waals surface area contributed by atoms with Crippen LogP contribution in [0.15, 0.2) is 66.7 Å². The third-order valence-corrected chi connectivity index (χ3v) is 3.70. The van der Waals surface area contributed by atoms with Crippen LogP contribution >= 0.6 is 0 Å². The maximum absolute atomic E-state index is 13.4. The van der Waals surface area contributed by atoms with Crippen LogP contribution in [0.4, 0.5) is 4.39 Å². The molecule has 0 spiro atoms. The normalized spacial score (nSPS) is 10.0. The van der Waals surface area contributed by atoms with Crippen molar-refractivity contribution in [2.45, 2.75) is 6.42 Å². The zero-order valence-corrected chi connectivity index (χ0v) is 13.1. The molecule has 0 saturated carbocycles. The van der Waals surface area contributed by atoms with Crippen LogP contribution in [0.25, 0.3) is 10.8 Å². The standard InChI is InChI=1S/C21H16FNO/c22-20-13-4-2-8-17(20)11-6-14-23-21(24)15-18-10-5-9-16-7-1-3-12-19(16)18/h1-5,7-10,12-13H,14-15H2,(H,23,24). The zero-order valence-electron chi connectivity index (χ0n) is 13.1. The zero-order chi connectivity index (χ0) is 16.8. The molecule has 2 nitrogen and oxygen atoms in total. The molecule has 1 amide bonds. The Labute approximate surface area is 140 Å². The summed E-state index contributed by atoms with van der Waals surface area (Å²) in [5, 5.41) is 4.94. The summed E-state index contributed by atoms with van der Waals surface area (Å²) in [5.41, 5.74) is 1.31. The van der Waals surface area contributed by atoms with E-state index in [0.29, 0.717) is 12.0 Å². The van der Waals surface area contributed by atoms with Crippen molar-refractivity contribution < 1.29 is 9.18 Å². The lowest BCUT2D eigenvalue weighted by Crippen LogP contribution is -2.25. The summed E-state index contributed by atoms with van der Waals surface area (Å²) in [5.74, 6) is 5.04. The molecule has 0 heterocycles. The number of amides is 1. The second-order valence-corrected chi connectivity index (χ2v) is 5.37. The van der Waals surface area contributed by atoms with Gasteiger partial charge in [-0.25, -0.2) is 4.39 Å². The summed E-state index contributed by atoms with van der Waals surface area (Å²) < 4.78 is 13.4. The first kappa shape index (κ1) is 15.8. The molecule has 0 fully saturated rings. The van der Waals surface area contributed by atoms with Gasteiger partial charge in [-0.3, -0.25) is 4.79 Å². The predicted octanol–water partition coefficient (Wildman–Crippen LogP) is 3.69. The summed E-state index contributed by atoms with van der Waals surface area (Å²) in [4.78, 5) is 12.1. The van der Waals surface area contributed by atoms with Crippen molar-refractivity contribution in [2.24, 2.45) is 0 Å². The summed E-state index contributed by atoms with van der Waals surface area (Å²) >= 11 is 0. The first-order chi connectivity index (χ1) is 11.7. The SMILES string of the molecule is O=C(Cc1cccc2ccccc12)NCC#Cc1ccccc1F. The Balaban J connectivity index is 1.61. The first-order valence-corrected chi connectivity index (χ1v) is 7.71. The van der Waals surface area contributed by atoms with Gasteiger partial charge in [0.2, 0.25) is 5.91 Å². The number of halogens is 1. The van der Waals surface area contributed by atoms with Gasteiger partial charge < -0.3 is 5.32 Å². The van der Waals surface area contributed by atoms with Crippen LogP contribution in [0.5, 0.6) is 0 Å². The Bertz CT molecular complexity index is 932. The number of nitrogens with one attached hydrogen (secondary N) is 1. The topological polar surface area (TPSA) is 29.1 Å². The van der Waals surface area contributed by atoms with Crippen molar-refractivity contribution in [1.29, 1.82) is 0 Å². The van der Waals surface area contributed by atoms with Crippen LogP contribution in [0.1, 0.15) is 11.1 Å². The average Bonchev–Trinajstić information content (AvgIpc) is 2.60. The maximum Gasteiger partial charge on any atom is 0.225 e. The van der Waals surface area contributed by atoms with Crippen LogP contribution in [-0.4, -0.2) is 12.5 Å². The molecule has 0 aromatic heterocycles. The van der Waals surface area contributed by atoms with Crippen molar-refractivity contribution in [3.63, 3.8) is 0 Å². The molecule has 24 heavy (non-hydrogen) atoms. The molecular formula is C21H16FNO. The highest BCUT2D eigenvalue weighted by molar-refractivity contribution is 5.90. The van der Waals surface area contributed by atoms with Crippen LogP contribution in [0.3, 0.4) is 0 Å². The van der Waals surface area contributed by atoms with Gasteiger partial charge >= 0.3 is 0 Å². The van der Waals surface area contributed by atoms with Crippen LogP contribution in [0, 0.1) is 17.7 Å². The first-order valence-electron chi connectivity index (χ1n) is 7.71. The fraction of sp³-hybridized carbons (Fsp3) is 0.0952. The smallest absolute Gasteiger partial charge is 0.225 e. The summed E-state index contributed by atoms with van der Waals surface area (Å²) in [7, 11) is 0.